The SMILES string of the molecule is CCOC(=O)C(=O)C(CCCC(=O)OC)C(=O)OC. The minimum absolute atomic E-state index is 0.0272. The van der Waals surface area contributed by atoms with Crippen LogP contribution in [0.3, 0.4) is 0 Å². The number of methoxy groups -OCH3 is 2. The largest absolute Gasteiger partial charge is 0.469 e. The standard InChI is InChI=1S/C12H18O7/c1-4-19-12(16)10(14)8(11(15)18-3)6-5-7-9(13)17-2/h8H,4-7H2,1-3H3. The van der Waals surface area contributed by atoms with E-state index >= 15 is 0 Å². The van der Waals surface area contributed by atoms with Gasteiger partial charge in [-0.1, -0.05) is 0 Å². The van der Waals surface area contributed by atoms with E-state index in [1.54, 1.807) is 6.92 Å². The lowest BCUT2D eigenvalue weighted by molar-refractivity contribution is -0.161. The number of ether oxygens (including phenoxy) is 3. The number of ketones is 1. The third kappa shape index (κ3) is 5.98. The summed E-state index contributed by atoms with van der Waals surface area (Å²) in [4.78, 5) is 45.3. The van der Waals surface area contributed by atoms with Crippen LogP contribution in [0.4, 0.5) is 0 Å². The lowest BCUT2D eigenvalue weighted by Crippen LogP contribution is -2.32. The molecule has 0 amide bonds. The number of carbonyl (C=O) groups excluding carboxylic acids is 4. The number of Topliss-reactive ketones (excluding diaryl/α,β-unsaturated/α-hetero) is 1. The van der Waals surface area contributed by atoms with Gasteiger partial charge in [-0.3, -0.25) is 14.4 Å². The molecule has 0 aliphatic rings. The average molecular weight is 274 g/mol. The van der Waals surface area contributed by atoms with E-state index in [0.29, 0.717) is 0 Å². The molecule has 0 aromatic carbocycles. The molecule has 7 heteroatoms. The van der Waals surface area contributed by atoms with E-state index in [4.69, 9.17) is 0 Å². The fraction of sp³-hybridized carbons (Fsp3) is 0.667. The van der Waals surface area contributed by atoms with Gasteiger partial charge in [-0.05, 0) is 19.8 Å². The first kappa shape index (κ1) is 17.1. The minimum atomic E-state index is -1.24. The van der Waals surface area contributed by atoms with E-state index in [9.17, 15) is 19.2 Å². The fourth-order valence-electron chi connectivity index (χ4n) is 1.40. The molecule has 0 bridgehead atoms. The topological polar surface area (TPSA) is 96.0 Å². The summed E-state index contributed by atoms with van der Waals surface area (Å²) in [5.74, 6) is -4.54. The number of hydrogen-bond donors (Lipinski definition) is 0. The predicted molar refractivity (Wildman–Crippen MR) is 63.0 cm³/mol. The van der Waals surface area contributed by atoms with Crippen LogP contribution in [-0.4, -0.2) is 44.5 Å². The molecular weight excluding hydrogens is 256 g/mol. The van der Waals surface area contributed by atoms with Gasteiger partial charge in [-0.25, -0.2) is 4.79 Å². The first-order chi connectivity index (χ1) is 8.97. The van der Waals surface area contributed by atoms with Crippen molar-refractivity contribution in [3.8, 4) is 0 Å². The molecule has 0 saturated carbocycles. The zero-order chi connectivity index (χ0) is 14.8. The minimum Gasteiger partial charge on any atom is -0.469 e. The Bertz CT molecular complexity index is 348. The van der Waals surface area contributed by atoms with E-state index < -0.39 is 29.6 Å². The second kappa shape index (κ2) is 9.07. The first-order valence-corrected chi connectivity index (χ1v) is 5.83. The van der Waals surface area contributed by atoms with Crippen molar-refractivity contribution in [1.82, 2.24) is 0 Å². The Hall–Kier alpha value is -1.92. The summed E-state index contributed by atoms with van der Waals surface area (Å²) >= 11 is 0. The van der Waals surface area contributed by atoms with Gasteiger partial charge < -0.3 is 14.2 Å². The molecule has 0 heterocycles. The second-order valence-electron chi connectivity index (χ2n) is 3.63. The van der Waals surface area contributed by atoms with E-state index in [0.717, 1.165) is 7.11 Å². The number of carbonyl (C=O) groups is 4. The Morgan fingerprint density at radius 1 is 1.05 bits per heavy atom. The van der Waals surface area contributed by atoms with Gasteiger partial charge in [0.25, 0.3) is 5.78 Å². The van der Waals surface area contributed by atoms with Gasteiger partial charge in [0.2, 0.25) is 0 Å². The molecule has 1 atom stereocenters. The summed E-state index contributed by atoms with van der Waals surface area (Å²) in [5.41, 5.74) is 0. The zero-order valence-corrected chi connectivity index (χ0v) is 11.3. The third-order valence-corrected chi connectivity index (χ3v) is 2.38. The van der Waals surface area contributed by atoms with E-state index in [-0.39, 0.29) is 25.9 Å². The van der Waals surface area contributed by atoms with E-state index in [1.807, 2.05) is 0 Å². The molecule has 0 radical (unpaired) electrons. The van der Waals surface area contributed by atoms with Gasteiger partial charge in [0.05, 0.1) is 20.8 Å². The smallest absolute Gasteiger partial charge is 0.375 e. The highest BCUT2D eigenvalue weighted by Crippen LogP contribution is 2.13. The molecule has 19 heavy (non-hydrogen) atoms. The van der Waals surface area contributed by atoms with Gasteiger partial charge in [0.15, 0.2) is 0 Å². The van der Waals surface area contributed by atoms with Crippen molar-refractivity contribution in [3.05, 3.63) is 0 Å². The van der Waals surface area contributed by atoms with Crippen molar-refractivity contribution < 1.29 is 33.4 Å². The molecule has 0 aliphatic carbocycles. The van der Waals surface area contributed by atoms with Crippen molar-refractivity contribution in [2.45, 2.75) is 26.2 Å². The number of hydrogen-bond acceptors (Lipinski definition) is 7. The Morgan fingerprint density at radius 3 is 2.16 bits per heavy atom. The van der Waals surface area contributed by atoms with Crippen molar-refractivity contribution in [3.63, 3.8) is 0 Å². The zero-order valence-electron chi connectivity index (χ0n) is 11.3. The predicted octanol–water partition coefficient (Wildman–Crippen LogP) is 0.251. The Morgan fingerprint density at radius 2 is 1.68 bits per heavy atom. The normalized spacial score (nSPS) is 11.3. The van der Waals surface area contributed by atoms with Crippen molar-refractivity contribution in [2.75, 3.05) is 20.8 Å². The summed E-state index contributed by atoms with van der Waals surface area (Å²) in [5, 5.41) is 0. The van der Waals surface area contributed by atoms with Crippen LogP contribution >= 0.6 is 0 Å². The Labute approximate surface area is 111 Å². The van der Waals surface area contributed by atoms with Crippen molar-refractivity contribution >= 4 is 23.7 Å². The fourth-order valence-corrected chi connectivity index (χ4v) is 1.40. The summed E-state index contributed by atoms with van der Waals surface area (Å²) in [6, 6.07) is 0. The quantitative estimate of drug-likeness (QED) is 0.271. The van der Waals surface area contributed by atoms with Crippen LogP contribution < -0.4 is 0 Å². The third-order valence-electron chi connectivity index (χ3n) is 2.38. The maximum Gasteiger partial charge on any atom is 0.375 e. The highest BCUT2D eigenvalue weighted by atomic mass is 16.5. The van der Waals surface area contributed by atoms with Gasteiger partial charge >= 0.3 is 17.9 Å². The molecule has 7 nitrogen and oxygen atoms in total. The van der Waals surface area contributed by atoms with Crippen LogP contribution in [-0.2, 0) is 33.4 Å². The molecule has 1 unspecified atom stereocenters. The highest BCUT2D eigenvalue weighted by Gasteiger charge is 2.33. The van der Waals surface area contributed by atoms with Crippen LogP contribution in [0.5, 0.6) is 0 Å². The molecule has 0 spiro atoms. The Balaban J connectivity index is 4.55. The average Bonchev–Trinajstić information content (AvgIpc) is 2.41. The maximum absolute atomic E-state index is 11.7. The summed E-state index contributed by atoms with van der Waals surface area (Å²) < 4.78 is 13.4. The van der Waals surface area contributed by atoms with E-state index in [2.05, 4.69) is 14.2 Å². The van der Waals surface area contributed by atoms with Gasteiger partial charge in [0.1, 0.15) is 5.92 Å². The highest BCUT2D eigenvalue weighted by molar-refractivity contribution is 6.37. The summed E-state index contributed by atoms with van der Waals surface area (Å²) in [6.45, 7) is 1.59. The van der Waals surface area contributed by atoms with Crippen LogP contribution in [0.15, 0.2) is 0 Å². The molecule has 0 fully saturated rings. The molecule has 0 N–H and O–H groups in total. The maximum atomic E-state index is 11.7. The van der Waals surface area contributed by atoms with Crippen LogP contribution in [0.2, 0.25) is 0 Å². The second-order valence-corrected chi connectivity index (χ2v) is 3.63. The molecule has 0 aliphatic heterocycles. The van der Waals surface area contributed by atoms with Gasteiger partial charge in [0, 0.05) is 6.42 Å². The molecule has 0 saturated heterocycles. The molecule has 108 valence electrons. The summed E-state index contributed by atoms with van der Waals surface area (Å²) in [6.07, 6.45) is 0.317. The van der Waals surface area contributed by atoms with Gasteiger partial charge in [-0.15, -0.1) is 0 Å². The molecule has 0 aromatic heterocycles. The monoisotopic (exact) mass is 274 g/mol. The van der Waals surface area contributed by atoms with Crippen LogP contribution in [0, 0.1) is 5.92 Å². The van der Waals surface area contributed by atoms with Crippen molar-refractivity contribution in [2.24, 2.45) is 5.92 Å². The van der Waals surface area contributed by atoms with Crippen molar-refractivity contribution in [1.29, 1.82) is 0 Å². The van der Waals surface area contributed by atoms with Gasteiger partial charge in [-0.2, -0.15) is 0 Å². The first-order valence-electron chi connectivity index (χ1n) is 5.83. The molecular formula is C12H18O7. The Kier molecular flexibility index (Phi) is 8.15. The lowest BCUT2D eigenvalue weighted by atomic mass is 9.97. The number of rotatable bonds is 8. The van der Waals surface area contributed by atoms with Crippen LogP contribution in [0.25, 0.3) is 0 Å². The van der Waals surface area contributed by atoms with Crippen LogP contribution in [0.1, 0.15) is 26.2 Å². The molecule has 0 rings (SSSR count). The van der Waals surface area contributed by atoms with E-state index in [1.165, 1.54) is 7.11 Å². The molecule has 0 aromatic rings. The lowest BCUT2D eigenvalue weighted by Gasteiger charge is -2.12. The summed E-state index contributed by atoms with van der Waals surface area (Å²) in [7, 11) is 2.36. The number of esters is 3.